The van der Waals surface area contributed by atoms with Crippen molar-refractivity contribution in [2.24, 2.45) is 5.34 Å². The van der Waals surface area contributed by atoms with Crippen LogP contribution in [0.1, 0.15) is 0 Å². The molecule has 6 heavy (non-hydrogen) atoms. The van der Waals surface area contributed by atoms with Gasteiger partial charge < -0.3 is 0 Å². The van der Waals surface area contributed by atoms with Crippen molar-refractivity contribution in [3.05, 3.63) is 4.91 Å². The normalized spacial score (nSPS) is 12.7. The van der Waals surface area contributed by atoms with Crippen molar-refractivity contribution in [2.75, 3.05) is 0 Å². The molecule has 1 atom stereocenters. The van der Waals surface area contributed by atoms with E-state index in [-0.39, 0.29) is 0 Å². The van der Waals surface area contributed by atoms with Gasteiger partial charge in [0.25, 0.3) is 0 Å². The molecule has 0 bridgehead atoms. The second-order valence-corrected chi connectivity index (χ2v) is 1.88. The molecule has 0 saturated carbocycles. The van der Waals surface area contributed by atoms with Crippen LogP contribution in [0.25, 0.3) is 0 Å². The highest BCUT2D eigenvalue weighted by atomic mass is 32.8. The third kappa shape index (κ3) is 3.77. The molecule has 0 rings (SSSR count). The smallest absolute Gasteiger partial charge is 0.203 e. The van der Waals surface area contributed by atoms with Gasteiger partial charge in [-0.2, -0.15) is 0 Å². The summed E-state index contributed by atoms with van der Waals surface area (Å²) in [6.45, 7) is 0. The summed E-state index contributed by atoms with van der Waals surface area (Å²) in [7, 11) is -2.25. The molecule has 0 aliphatic carbocycles. The molecule has 0 aliphatic heterocycles. The van der Waals surface area contributed by atoms with Crippen LogP contribution in [0.4, 0.5) is 0 Å². The Morgan fingerprint density at radius 2 is 2.33 bits per heavy atom. The Bertz CT molecular complexity index is 95.4. The number of thiol groups is 1. The summed E-state index contributed by atoms with van der Waals surface area (Å²) < 4.78 is 12.9. The van der Waals surface area contributed by atoms with Crippen LogP contribution in [0.15, 0.2) is 5.34 Å². The van der Waals surface area contributed by atoms with E-state index in [0.29, 0.717) is 0 Å². The van der Waals surface area contributed by atoms with E-state index in [1.165, 1.54) is 0 Å². The van der Waals surface area contributed by atoms with E-state index in [0.717, 1.165) is 0 Å². The van der Waals surface area contributed by atoms with Gasteiger partial charge >= 0.3 is 0 Å². The number of rotatable bonds is 2. The summed E-state index contributed by atoms with van der Waals surface area (Å²) in [6.07, 6.45) is 0. The average molecular weight is 127 g/mol. The molecule has 0 fully saturated rings. The van der Waals surface area contributed by atoms with Crippen molar-refractivity contribution in [2.45, 2.75) is 0 Å². The van der Waals surface area contributed by atoms with Crippen molar-refractivity contribution in [1.82, 2.24) is 0 Å². The van der Waals surface area contributed by atoms with Crippen LogP contribution in [-0.2, 0) is 25.1 Å². The Hall–Kier alpha value is -0.230. The summed E-state index contributed by atoms with van der Waals surface area (Å²) in [5.74, 6) is 0. The average Bonchev–Trinajstić information content (AvgIpc) is 1.35. The minimum Gasteiger partial charge on any atom is -0.260 e. The second-order valence-electron chi connectivity index (χ2n) is 0.380. The van der Waals surface area contributed by atoms with E-state index >= 15 is 0 Å². The lowest BCUT2D eigenvalue weighted by molar-refractivity contribution is 0.378. The first-order valence-electron chi connectivity index (χ1n) is 0.913. The zero-order chi connectivity index (χ0) is 4.99. The zero-order valence-electron chi connectivity index (χ0n) is 2.53. The van der Waals surface area contributed by atoms with Gasteiger partial charge in [0.15, 0.2) is 5.34 Å². The standard InChI is InChI=1S/HNO3S2/c2-1-4-6(3)5/h6H. The molecule has 0 aromatic carbocycles. The van der Waals surface area contributed by atoms with Crippen LogP contribution in [0, 0.1) is 4.91 Å². The molecule has 0 amide bonds. The largest absolute Gasteiger partial charge is 0.260 e. The fraction of sp³-hybridized carbons (Fsp3) is 0. The minimum absolute atomic E-state index is 1.80. The van der Waals surface area contributed by atoms with Crippen molar-refractivity contribution in [3.63, 3.8) is 0 Å². The number of nitrogens with zero attached hydrogens (tertiary/aromatic N) is 1. The van der Waals surface area contributed by atoms with Crippen LogP contribution in [0.5, 0.6) is 0 Å². The minimum atomic E-state index is -2.25. The zero-order valence-corrected chi connectivity index (χ0v) is 4.24. The molecule has 0 heterocycles. The molecular weight excluding hydrogens is 126 g/mol. The van der Waals surface area contributed by atoms with E-state index in [4.69, 9.17) is 4.91 Å². The monoisotopic (exact) mass is 127 g/mol. The molecule has 0 aromatic rings. The maximum Gasteiger partial charge on any atom is 0.203 e. The van der Waals surface area contributed by atoms with Gasteiger partial charge in [-0.25, -0.2) is 4.21 Å². The van der Waals surface area contributed by atoms with Gasteiger partial charge in [-0.15, -0.1) is 4.91 Å². The Morgan fingerprint density at radius 1 is 1.83 bits per heavy atom. The summed E-state index contributed by atoms with van der Waals surface area (Å²) in [5, 5.41) is 1.80. The van der Waals surface area contributed by atoms with Crippen molar-refractivity contribution in [1.29, 1.82) is 0 Å². The van der Waals surface area contributed by atoms with Gasteiger partial charge in [0, 0.05) is 11.2 Å². The molecule has 6 heteroatoms. The van der Waals surface area contributed by atoms with Gasteiger partial charge in [-0.3, -0.25) is 4.28 Å². The highest BCUT2D eigenvalue weighted by molar-refractivity contribution is 8.19. The maximum absolute atomic E-state index is 9.49. The Morgan fingerprint density at radius 3 is 2.33 bits per heavy atom. The molecule has 4 nitrogen and oxygen atoms in total. The molecule has 0 saturated heterocycles. The van der Waals surface area contributed by atoms with Gasteiger partial charge in [0.2, 0.25) is 9.64 Å². The molecule has 0 aliphatic rings. The van der Waals surface area contributed by atoms with Crippen LogP contribution in [0.2, 0.25) is 0 Å². The first-order valence-corrected chi connectivity index (χ1v) is 3.10. The molecular formula is HNO3S2. The summed E-state index contributed by atoms with van der Waals surface area (Å²) >= 11 is 3.87. The molecule has 0 spiro atoms. The fourth-order valence-corrected chi connectivity index (χ4v) is 0.163. The lowest BCUT2D eigenvalue weighted by Crippen LogP contribution is -1.68. The van der Waals surface area contributed by atoms with Gasteiger partial charge in [0.1, 0.15) is 0 Å². The summed E-state index contributed by atoms with van der Waals surface area (Å²) in [5.41, 5.74) is 0. The predicted octanol–water partition coefficient (Wildman–Crippen LogP) is -0.458. The van der Waals surface area contributed by atoms with Crippen LogP contribution in [0.3, 0.4) is 0 Å². The fourth-order valence-electron chi connectivity index (χ4n) is 0.0272. The Kier molecular flexibility index (Phi) is 2.87. The molecule has 36 valence electrons. The van der Waals surface area contributed by atoms with Crippen molar-refractivity contribution >= 4 is 20.8 Å². The van der Waals surface area contributed by atoms with Crippen LogP contribution < -0.4 is 0 Å². The van der Waals surface area contributed by atoms with Crippen molar-refractivity contribution in [3.8, 4) is 0 Å². The summed E-state index contributed by atoms with van der Waals surface area (Å²) in [4.78, 5) is 8.89. The van der Waals surface area contributed by atoms with Crippen molar-refractivity contribution < 1.29 is 8.49 Å². The third-order valence-electron chi connectivity index (χ3n) is 0.100. The number of hydrogen-bond acceptors (Lipinski definition) is 5. The topological polar surface area (TPSA) is 55.7 Å². The first-order chi connectivity index (χ1) is 2.77. The molecule has 0 N–H and O–H groups in total. The molecule has 0 aromatic heterocycles. The van der Waals surface area contributed by atoms with Crippen LogP contribution >= 0.6 is 0 Å². The van der Waals surface area contributed by atoms with Crippen LogP contribution in [-0.4, -0.2) is 4.21 Å². The van der Waals surface area contributed by atoms with E-state index < -0.39 is 9.64 Å². The number of hydrogen-bond donors (Lipinski definition) is 1. The summed E-state index contributed by atoms with van der Waals surface area (Å²) in [6, 6.07) is 0. The lowest BCUT2D eigenvalue weighted by Gasteiger charge is -1.69. The van der Waals surface area contributed by atoms with E-state index in [9.17, 15) is 4.21 Å². The molecule has 1 unspecified atom stereocenters. The SMILES string of the molecule is O=NO[SH](=O)=S. The van der Waals surface area contributed by atoms with E-state index in [2.05, 4.69) is 15.5 Å². The maximum atomic E-state index is 9.49. The van der Waals surface area contributed by atoms with Gasteiger partial charge in [0.05, 0.1) is 0 Å². The quantitative estimate of drug-likeness (QED) is 0.310. The lowest BCUT2D eigenvalue weighted by atomic mass is 13.4. The highest BCUT2D eigenvalue weighted by Gasteiger charge is 1.67. The van der Waals surface area contributed by atoms with Gasteiger partial charge in [-0.05, 0) is 0 Å². The third-order valence-corrected chi connectivity index (χ3v) is 0.500. The Balaban J connectivity index is 3.32. The van der Waals surface area contributed by atoms with E-state index in [1.807, 2.05) is 0 Å². The Labute approximate surface area is 40.3 Å². The van der Waals surface area contributed by atoms with Gasteiger partial charge in [-0.1, -0.05) is 0 Å². The predicted molar refractivity (Wildman–Crippen MR) is 23.8 cm³/mol. The first kappa shape index (κ1) is 5.77. The second kappa shape index (κ2) is 2.98. The van der Waals surface area contributed by atoms with E-state index in [1.54, 1.807) is 5.34 Å². The molecule has 0 radical (unpaired) electrons. The highest BCUT2D eigenvalue weighted by Crippen LogP contribution is 1.67.